The Morgan fingerprint density at radius 2 is 1.85 bits per heavy atom. The highest BCUT2D eigenvalue weighted by atomic mass is 16.5. The minimum Gasteiger partial charge on any atom is -0.504 e. The van der Waals surface area contributed by atoms with Crippen molar-refractivity contribution in [1.29, 1.82) is 0 Å². The largest absolute Gasteiger partial charge is 0.504 e. The molecule has 1 fully saturated rings. The van der Waals surface area contributed by atoms with Gasteiger partial charge in [0.1, 0.15) is 0 Å². The molecule has 3 N–H and O–H groups in total. The number of phenolic OH excluding ortho intramolecular Hbond substituents is 3. The summed E-state index contributed by atoms with van der Waals surface area (Å²) in [5, 5.41) is 29.5. The van der Waals surface area contributed by atoms with E-state index in [2.05, 4.69) is 0 Å². The molecule has 1 saturated heterocycles. The molecule has 1 heterocycles. The van der Waals surface area contributed by atoms with Crippen LogP contribution in [0.15, 0.2) is 30.3 Å². The summed E-state index contributed by atoms with van der Waals surface area (Å²) < 4.78 is 36.6. The number of ether oxygens (including phenoxy) is 3. The lowest BCUT2D eigenvalue weighted by Gasteiger charge is -2.17. The summed E-state index contributed by atoms with van der Waals surface area (Å²) in [6.45, 7) is 0.204. The molecule has 2 atom stereocenters. The smallest absolute Gasteiger partial charge is 0.309 e. The summed E-state index contributed by atoms with van der Waals surface area (Å²) in [5.74, 6) is -2.42. The monoisotopic (exact) mass is 377 g/mol. The van der Waals surface area contributed by atoms with Crippen molar-refractivity contribution in [1.82, 2.24) is 0 Å². The Balaban J connectivity index is 1.81. The Morgan fingerprint density at radius 1 is 1.07 bits per heavy atom. The summed E-state index contributed by atoms with van der Waals surface area (Å²) in [6.07, 6.45) is 0.639. The number of hydrogen-bond acceptors (Lipinski definition) is 7. The third-order valence-electron chi connectivity index (χ3n) is 4.73. The van der Waals surface area contributed by atoms with Crippen molar-refractivity contribution >= 4 is 5.97 Å². The van der Waals surface area contributed by atoms with Crippen LogP contribution in [0.4, 0.5) is 0 Å². The predicted octanol–water partition coefficient (Wildman–Crippen LogP) is 2.40. The van der Waals surface area contributed by atoms with Crippen LogP contribution in [-0.4, -0.2) is 42.0 Å². The van der Waals surface area contributed by atoms with Gasteiger partial charge in [0.2, 0.25) is 5.75 Å². The van der Waals surface area contributed by atoms with E-state index in [4.69, 9.17) is 18.3 Å². The first-order valence-electron chi connectivity index (χ1n) is 9.83. The van der Waals surface area contributed by atoms with Gasteiger partial charge in [-0.15, -0.1) is 0 Å². The highest BCUT2D eigenvalue weighted by Crippen LogP contribution is 2.38. The van der Waals surface area contributed by atoms with Crippen molar-refractivity contribution in [3.63, 3.8) is 0 Å². The van der Waals surface area contributed by atoms with Gasteiger partial charge in [-0.3, -0.25) is 4.79 Å². The first kappa shape index (κ1) is 15.0. The summed E-state index contributed by atoms with van der Waals surface area (Å²) in [6, 6.07) is 7.47. The van der Waals surface area contributed by atoms with Crippen LogP contribution in [0.25, 0.3) is 0 Å². The molecule has 0 radical (unpaired) electrons. The number of carbonyl (C=O) groups is 1. The molecule has 2 aromatic carbocycles. The molecule has 2 unspecified atom stereocenters. The minimum atomic E-state index is -2.81. The van der Waals surface area contributed by atoms with E-state index in [1.165, 1.54) is 25.3 Å². The Kier molecular flexibility index (Phi) is 4.26. The molecule has 0 amide bonds. The third kappa shape index (κ3) is 3.86. The van der Waals surface area contributed by atoms with Crippen molar-refractivity contribution in [3.8, 4) is 28.7 Å². The van der Waals surface area contributed by atoms with E-state index in [0.29, 0.717) is 17.7 Å². The quantitative estimate of drug-likeness (QED) is 0.524. The SMILES string of the molecule is [2H]C([2H])([2H])Oc1cc(CC2C(=O)OCC2Cc2ccc(O)c(OC)c2)cc(O)c1O. The normalized spacial score (nSPS) is 21.1. The molecule has 0 saturated carbocycles. The van der Waals surface area contributed by atoms with Crippen LogP contribution in [0.3, 0.4) is 0 Å². The highest BCUT2D eigenvalue weighted by molar-refractivity contribution is 5.75. The van der Waals surface area contributed by atoms with E-state index >= 15 is 0 Å². The number of hydrogen-bond donors (Lipinski definition) is 3. The molecule has 7 nitrogen and oxygen atoms in total. The van der Waals surface area contributed by atoms with Crippen LogP contribution in [0.5, 0.6) is 28.7 Å². The maximum Gasteiger partial charge on any atom is 0.309 e. The Hall–Kier alpha value is -3.09. The van der Waals surface area contributed by atoms with Gasteiger partial charge in [-0.1, -0.05) is 6.07 Å². The van der Waals surface area contributed by atoms with Crippen LogP contribution in [0.2, 0.25) is 0 Å². The minimum absolute atomic E-state index is 0.0119. The van der Waals surface area contributed by atoms with Gasteiger partial charge < -0.3 is 29.5 Å². The number of esters is 1. The standard InChI is InChI=1S/C20H22O7/c1-25-17-8-11(3-4-15(17)21)5-13-10-27-20(24)14(13)6-12-7-16(22)19(23)18(9-12)26-2/h3-4,7-9,13-14,21-23H,5-6,10H2,1-2H3/i2D3. The van der Waals surface area contributed by atoms with Crippen LogP contribution in [0, 0.1) is 11.8 Å². The second-order valence-electron chi connectivity index (χ2n) is 6.47. The summed E-state index contributed by atoms with van der Waals surface area (Å²) in [7, 11) is -1.37. The molecular weight excluding hydrogens is 352 g/mol. The zero-order valence-corrected chi connectivity index (χ0v) is 14.6. The van der Waals surface area contributed by atoms with Crippen LogP contribution in [-0.2, 0) is 22.4 Å². The second-order valence-corrected chi connectivity index (χ2v) is 6.47. The average molecular weight is 377 g/mol. The molecular formula is C20H22O7. The molecule has 0 aliphatic carbocycles. The molecule has 7 heteroatoms. The van der Waals surface area contributed by atoms with E-state index < -0.39 is 36.2 Å². The lowest BCUT2D eigenvalue weighted by molar-refractivity contribution is -0.141. The molecule has 1 aliphatic rings. The van der Waals surface area contributed by atoms with E-state index in [0.717, 1.165) is 5.56 Å². The zero-order valence-electron chi connectivity index (χ0n) is 17.6. The predicted molar refractivity (Wildman–Crippen MR) is 96.3 cm³/mol. The third-order valence-corrected chi connectivity index (χ3v) is 4.73. The van der Waals surface area contributed by atoms with Crippen molar-refractivity contribution in [2.75, 3.05) is 20.8 Å². The van der Waals surface area contributed by atoms with E-state index in [1.807, 2.05) is 0 Å². The van der Waals surface area contributed by atoms with Crippen LogP contribution in [0.1, 0.15) is 15.2 Å². The van der Waals surface area contributed by atoms with Gasteiger partial charge in [0.15, 0.2) is 23.0 Å². The summed E-state index contributed by atoms with van der Waals surface area (Å²) in [4.78, 5) is 12.3. The second kappa shape index (κ2) is 7.65. The first-order valence-corrected chi connectivity index (χ1v) is 8.33. The van der Waals surface area contributed by atoms with E-state index in [1.54, 1.807) is 12.1 Å². The Labute approximate surface area is 161 Å². The van der Waals surface area contributed by atoms with Gasteiger partial charge in [-0.2, -0.15) is 0 Å². The molecule has 0 spiro atoms. The number of benzene rings is 2. The summed E-state index contributed by atoms with van der Waals surface area (Å²) in [5.41, 5.74) is 1.26. The number of methoxy groups -OCH3 is 2. The van der Waals surface area contributed by atoms with Crippen molar-refractivity contribution in [3.05, 3.63) is 41.5 Å². The molecule has 2 aromatic rings. The first-order chi connectivity index (χ1) is 14.1. The maximum atomic E-state index is 12.3. The van der Waals surface area contributed by atoms with Gasteiger partial charge in [0, 0.05) is 5.92 Å². The van der Waals surface area contributed by atoms with Crippen LogP contribution < -0.4 is 9.47 Å². The van der Waals surface area contributed by atoms with Gasteiger partial charge >= 0.3 is 5.97 Å². The lowest BCUT2D eigenvalue weighted by atomic mass is 9.85. The highest BCUT2D eigenvalue weighted by Gasteiger charge is 2.37. The molecule has 0 bridgehead atoms. The van der Waals surface area contributed by atoms with Crippen molar-refractivity contribution in [2.45, 2.75) is 12.8 Å². The van der Waals surface area contributed by atoms with Gasteiger partial charge in [0.05, 0.1) is 30.8 Å². The topological polar surface area (TPSA) is 105 Å². The number of cyclic esters (lactones) is 1. The fourth-order valence-electron chi connectivity index (χ4n) is 3.31. The number of aromatic hydroxyl groups is 3. The van der Waals surface area contributed by atoms with Gasteiger partial charge in [-0.25, -0.2) is 0 Å². The average Bonchev–Trinajstić information content (AvgIpc) is 2.99. The van der Waals surface area contributed by atoms with Crippen molar-refractivity contribution in [2.24, 2.45) is 11.8 Å². The van der Waals surface area contributed by atoms with E-state index in [-0.39, 0.29) is 24.7 Å². The molecule has 3 rings (SSSR count). The number of phenols is 3. The van der Waals surface area contributed by atoms with Crippen molar-refractivity contribution < 1.29 is 38.4 Å². The van der Waals surface area contributed by atoms with E-state index in [9.17, 15) is 20.1 Å². The maximum absolute atomic E-state index is 12.3. The fourth-order valence-corrected chi connectivity index (χ4v) is 3.31. The number of carbonyl (C=O) groups excluding carboxylic acids is 1. The van der Waals surface area contributed by atoms with Gasteiger partial charge in [-0.05, 0) is 48.2 Å². The zero-order chi connectivity index (χ0) is 22.1. The fraction of sp³-hybridized carbons (Fsp3) is 0.350. The van der Waals surface area contributed by atoms with Crippen LogP contribution >= 0.6 is 0 Å². The Morgan fingerprint density at radius 3 is 2.59 bits per heavy atom. The van der Waals surface area contributed by atoms with Gasteiger partial charge in [0.25, 0.3) is 0 Å². The molecule has 0 aromatic heterocycles. The molecule has 144 valence electrons. The Bertz CT molecular complexity index is 943. The summed E-state index contributed by atoms with van der Waals surface area (Å²) >= 11 is 0. The lowest BCUT2D eigenvalue weighted by Crippen LogP contribution is -2.20. The number of rotatable bonds is 6. The molecule has 1 aliphatic heterocycles. The molecule has 27 heavy (non-hydrogen) atoms.